The van der Waals surface area contributed by atoms with Crippen molar-refractivity contribution in [2.45, 2.75) is 0 Å². The number of aromatic hydroxyl groups is 1. The summed E-state index contributed by atoms with van der Waals surface area (Å²) in [4.78, 5) is 9.29. The highest BCUT2D eigenvalue weighted by Crippen LogP contribution is 2.33. The number of para-hydroxylation sites is 1. The predicted molar refractivity (Wildman–Crippen MR) is 87.8 cm³/mol. The maximum atomic E-state index is 9.34. The molecule has 21 heavy (non-hydrogen) atoms. The van der Waals surface area contributed by atoms with Gasteiger partial charge in [0, 0.05) is 10.9 Å². The van der Waals surface area contributed by atoms with E-state index in [2.05, 4.69) is 16.0 Å². The van der Waals surface area contributed by atoms with Gasteiger partial charge in [0.2, 0.25) is 0 Å². The molecule has 102 valence electrons. The Balaban J connectivity index is 1.75. The van der Waals surface area contributed by atoms with Crippen LogP contribution >= 0.6 is 22.7 Å². The fourth-order valence-electron chi connectivity index (χ4n) is 2.09. The van der Waals surface area contributed by atoms with Gasteiger partial charge >= 0.3 is 0 Å². The van der Waals surface area contributed by atoms with Gasteiger partial charge in [0.1, 0.15) is 21.5 Å². The second kappa shape index (κ2) is 4.95. The van der Waals surface area contributed by atoms with Crippen molar-refractivity contribution in [2.24, 2.45) is 0 Å². The fraction of sp³-hybridized carbons (Fsp3) is 0. The van der Waals surface area contributed by atoms with Crippen LogP contribution in [0.2, 0.25) is 0 Å². The lowest BCUT2D eigenvalue weighted by Crippen LogP contribution is -1.78. The van der Waals surface area contributed by atoms with Gasteiger partial charge in [-0.25, -0.2) is 9.97 Å². The zero-order valence-corrected chi connectivity index (χ0v) is 12.5. The molecule has 3 nitrogen and oxygen atoms in total. The van der Waals surface area contributed by atoms with Crippen molar-refractivity contribution in [1.29, 1.82) is 0 Å². The SMILES string of the molecule is Oc1ccc(-c2nc(-c3nc4ccccc4s3)cs2)cc1. The number of rotatable bonds is 2. The molecule has 0 bridgehead atoms. The van der Waals surface area contributed by atoms with E-state index in [1.54, 1.807) is 34.8 Å². The van der Waals surface area contributed by atoms with Gasteiger partial charge in [-0.2, -0.15) is 0 Å². The molecule has 0 fully saturated rings. The monoisotopic (exact) mass is 310 g/mol. The standard InChI is InChI=1S/C16H10N2OS2/c19-11-7-5-10(6-8-11)15-18-13(9-20-15)16-17-12-3-1-2-4-14(12)21-16/h1-9,19H. The number of thiazole rings is 2. The summed E-state index contributed by atoms with van der Waals surface area (Å²) in [6, 6.07) is 15.2. The molecule has 2 aromatic carbocycles. The second-order valence-electron chi connectivity index (χ2n) is 4.57. The molecule has 4 aromatic rings. The minimum Gasteiger partial charge on any atom is -0.508 e. The Hall–Kier alpha value is -2.24. The summed E-state index contributed by atoms with van der Waals surface area (Å²) < 4.78 is 1.17. The van der Waals surface area contributed by atoms with Gasteiger partial charge < -0.3 is 5.11 Å². The van der Waals surface area contributed by atoms with Crippen molar-refractivity contribution < 1.29 is 5.11 Å². The molecule has 5 heteroatoms. The van der Waals surface area contributed by atoms with Crippen molar-refractivity contribution in [3.05, 3.63) is 53.9 Å². The molecule has 2 heterocycles. The number of phenols is 1. The molecule has 0 aliphatic carbocycles. The van der Waals surface area contributed by atoms with E-state index in [9.17, 15) is 5.11 Å². The van der Waals surface area contributed by atoms with E-state index in [0.717, 1.165) is 26.8 Å². The Morgan fingerprint density at radius 1 is 0.857 bits per heavy atom. The van der Waals surface area contributed by atoms with Crippen LogP contribution in [-0.4, -0.2) is 15.1 Å². The fourth-order valence-corrected chi connectivity index (χ4v) is 3.90. The third-order valence-corrected chi connectivity index (χ3v) is 5.08. The second-order valence-corrected chi connectivity index (χ2v) is 6.46. The zero-order chi connectivity index (χ0) is 14.2. The third kappa shape index (κ3) is 2.30. The quantitative estimate of drug-likeness (QED) is 0.579. The van der Waals surface area contributed by atoms with Gasteiger partial charge in [-0.05, 0) is 36.4 Å². The lowest BCUT2D eigenvalue weighted by Gasteiger charge is -1.95. The largest absolute Gasteiger partial charge is 0.508 e. The average molecular weight is 310 g/mol. The molecule has 0 amide bonds. The third-order valence-electron chi connectivity index (χ3n) is 3.13. The van der Waals surface area contributed by atoms with Gasteiger partial charge in [0.05, 0.1) is 10.2 Å². The Bertz CT molecular complexity index is 876. The van der Waals surface area contributed by atoms with Gasteiger partial charge in [-0.1, -0.05) is 12.1 Å². The van der Waals surface area contributed by atoms with Crippen LogP contribution in [0.3, 0.4) is 0 Å². The Kier molecular flexibility index (Phi) is 2.94. The van der Waals surface area contributed by atoms with Crippen LogP contribution in [0.15, 0.2) is 53.9 Å². The maximum absolute atomic E-state index is 9.34. The normalized spacial score (nSPS) is 11.0. The summed E-state index contributed by atoms with van der Waals surface area (Å²) >= 11 is 3.24. The number of hydrogen-bond acceptors (Lipinski definition) is 5. The molecule has 0 spiro atoms. The number of nitrogens with zero attached hydrogens (tertiary/aromatic N) is 2. The highest BCUT2D eigenvalue weighted by Gasteiger charge is 2.11. The first-order chi connectivity index (χ1) is 10.3. The van der Waals surface area contributed by atoms with E-state index in [1.807, 2.05) is 35.7 Å². The molecule has 0 radical (unpaired) electrons. The summed E-state index contributed by atoms with van der Waals surface area (Å²) in [5.41, 5.74) is 2.92. The van der Waals surface area contributed by atoms with Crippen molar-refractivity contribution in [3.63, 3.8) is 0 Å². The number of fused-ring (bicyclic) bond motifs is 1. The van der Waals surface area contributed by atoms with Crippen molar-refractivity contribution in [1.82, 2.24) is 9.97 Å². The Morgan fingerprint density at radius 2 is 1.67 bits per heavy atom. The zero-order valence-electron chi connectivity index (χ0n) is 10.9. The Labute approximate surface area is 129 Å². The minimum absolute atomic E-state index is 0.265. The van der Waals surface area contributed by atoms with E-state index >= 15 is 0 Å². The first-order valence-electron chi connectivity index (χ1n) is 6.40. The van der Waals surface area contributed by atoms with E-state index in [1.165, 1.54) is 4.70 Å². The number of hydrogen-bond donors (Lipinski definition) is 1. The molecule has 4 rings (SSSR count). The summed E-state index contributed by atoms with van der Waals surface area (Å²) in [7, 11) is 0. The van der Waals surface area contributed by atoms with Crippen LogP contribution in [0, 0.1) is 0 Å². The van der Waals surface area contributed by atoms with E-state index < -0.39 is 0 Å². The lowest BCUT2D eigenvalue weighted by molar-refractivity contribution is 0.475. The summed E-state index contributed by atoms with van der Waals surface area (Å²) in [6.07, 6.45) is 0. The van der Waals surface area contributed by atoms with Gasteiger partial charge in [-0.3, -0.25) is 0 Å². The van der Waals surface area contributed by atoms with Crippen LogP contribution in [0.4, 0.5) is 0 Å². The molecule has 2 aromatic heterocycles. The van der Waals surface area contributed by atoms with Crippen molar-refractivity contribution in [2.75, 3.05) is 0 Å². The number of aromatic nitrogens is 2. The minimum atomic E-state index is 0.265. The number of benzene rings is 2. The van der Waals surface area contributed by atoms with Crippen molar-refractivity contribution in [3.8, 4) is 27.0 Å². The van der Waals surface area contributed by atoms with Gasteiger partial charge in [-0.15, -0.1) is 22.7 Å². The lowest BCUT2D eigenvalue weighted by atomic mass is 10.2. The van der Waals surface area contributed by atoms with Crippen LogP contribution in [0.5, 0.6) is 5.75 Å². The average Bonchev–Trinajstić information content (AvgIpc) is 3.14. The number of phenolic OH excluding ortho intramolecular Hbond substituents is 1. The van der Waals surface area contributed by atoms with Crippen LogP contribution in [0.25, 0.3) is 31.5 Å². The molecular formula is C16H10N2OS2. The molecule has 1 N–H and O–H groups in total. The molecule has 0 aliphatic heterocycles. The maximum Gasteiger partial charge on any atom is 0.144 e. The summed E-state index contributed by atoms with van der Waals surface area (Å²) in [5.74, 6) is 0.265. The first-order valence-corrected chi connectivity index (χ1v) is 8.10. The van der Waals surface area contributed by atoms with Crippen LogP contribution in [0.1, 0.15) is 0 Å². The highest BCUT2D eigenvalue weighted by atomic mass is 32.1. The molecule has 0 saturated carbocycles. The predicted octanol–water partition coefficient (Wildman–Crippen LogP) is 4.79. The summed E-state index contributed by atoms with van der Waals surface area (Å²) in [6.45, 7) is 0. The van der Waals surface area contributed by atoms with E-state index in [0.29, 0.717) is 0 Å². The van der Waals surface area contributed by atoms with Gasteiger partial charge in [0.15, 0.2) is 0 Å². The van der Waals surface area contributed by atoms with E-state index in [-0.39, 0.29) is 5.75 Å². The topological polar surface area (TPSA) is 46.0 Å². The first kappa shape index (κ1) is 12.5. The van der Waals surface area contributed by atoms with Crippen LogP contribution < -0.4 is 0 Å². The highest BCUT2D eigenvalue weighted by molar-refractivity contribution is 7.22. The van der Waals surface area contributed by atoms with Gasteiger partial charge in [0.25, 0.3) is 0 Å². The molecule has 0 aliphatic rings. The molecule has 0 saturated heterocycles. The smallest absolute Gasteiger partial charge is 0.144 e. The Morgan fingerprint density at radius 3 is 2.48 bits per heavy atom. The molecule has 0 atom stereocenters. The van der Waals surface area contributed by atoms with Crippen molar-refractivity contribution >= 4 is 32.9 Å². The van der Waals surface area contributed by atoms with E-state index in [4.69, 9.17) is 0 Å². The molecule has 0 unspecified atom stereocenters. The van der Waals surface area contributed by atoms with Crippen LogP contribution in [-0.2, 0) is 0 Å². The molecular weight excluding hydrogens is 300 g/mol. The summed E-state index contributed by atoms with van der Waals surface area (Å²) in [5, 5.41) is 13.2.